The summed E-state index contributed by atoms with van der Waals surface area (Å²) in [5, 5.41) is 14.6. The second-order valence-electron chi connectivity index (χ2n) is 7.03. The normalized spacial score (nSPS) is 34.2. The summed E-state index contributed by atoms with van der Waals surface area (Å²) < 4.78 is 10.5. The van der Waals surface area contributed by atoms with Crippen LogP contribution in [-0.4, -0.2) is 26.1 Å². The van der Waals surface area contributed by atoms with Gasteiger partial charge in [0.1, 0.15) is 11.5 Å². The topological polar surface area (TPSA) is 87.7 Å². The van der Waals surface area contributed by atoms with Gasteiger partial charge < -0.3 is 24.7 Å². The molecule has 5 rings (SSSR count). The van der Waals surface area contributed by atoms with Gasteiger partial charge in [-0.15, -0.1) is 0 Å². The minimum Gasteiger partial charge on any atom is -0.550 e. The lowest BCUT2D eigenvalue weighted by Gasteiger charge is -2.44. The van der Waals surface area contributed by atoms with E-state index in [1.54, 1.807) is 18.2 Å². The van der Waals surface area contributed by atoms with Crippen molar-refractivity contribution in [3.63, 3.8) is 0 Å². The molecule has 6 nitrogen and oxygen atoms in total. The molecule has 2 bridgehead atoms. The van der Waals surface area contributed by atoms with Crippen molar-refractivity contribution in [1.29, 1.82) is 0 Å². The first-order valence-electron chi connectivity index (χ1n) is 8.47. The van der Waals surface area contributed by atoms with Crippen molar-refractivity contribution < 1.29 is 24.2 Å². The van der Waals surface area contributed by atoms with E-state index in [9.17, 15) is 14.7 Å². The van der Waals surface area contributed by atoms with E-state index < -0.39 is 17.8 Å². The maximum absolute atomic E-state index is 13.0. The van der Waals surface area contributed by atoms with Crippen LogP contribution in [0.5, 0.6) is 11.5 Å². The molecule has 6 unspecified atom stereocenters. The standard InChI is InChI=1S/C19H21NO5/c1-24-9-3-6-15(25-2)14(7-9)20-18(21)16-10-4-5-11(13-8-12(10)13)17(16)19(22)23/h3-7,10-13,16-17H,8H2,1-2H3,(H,20,21)(H,22,23)/p-1. The number of aliphatic carboxylic acids is 1. The van der Waals surface area contributed by atoms with Crippen LogP contribution in [0.2, 0.25) is 0 Å². The zero-order chi connectivity index (χ0) is 17.7. The summed E-state index contributed by atoms with van der Waals surface area (Å²) in [5.74, 6) is -1.04. The smallest absolute Gasteiger partial charge is 0.228 e. The molecule has 1 aromatic rings. The number of benzene rings is 1. The van der Waals surface area contributed by atoms with Gasteiger partial charge in [-0.25, -0.2) is 0 Å². The Labute approximate surface area is 145 Å². The summed E-state index contributed by atoms with van der Waals surface area (Å²) in [6.45, 7) is 0. The van der Waals surface area contributed by atoms with Gasteiger partial charge in [-0.2, -0.15) is 0 Å². The van der Waals surface area contributed by atoms with Crippen molar-refractivity contribution in [2.45, 2.75) is 6.42 Å². The summed E-state index contributed by atoms with van der Waals surface area (Å²) in [5.41, 5.74) is 0.474. The molecule has 4 aliphatic rings. The lowest BCUT2D eigenvalue weighted by atomic mass is 9.62. The number of hydrogen-bond acceptors (Lipinski definition) is 5. The van der Waals surface area contributed by atoms with Crippen LogP contribution in [0.25, 0.3) is 0 Å². The zero-order valence-corrected chi connectivity index (χ0v) is 14.1. The van der Waals surface area contributed by atoms with Crippen molar-refractivity contribution in [2.75, 3.05) is 19.5 Å². The molecule has 0 heterocycles. The molecule has 2 saturated carbocycles. The average molecular weight is 342 g/mol. The van der Waals surface area contributed by atoms with E-state index in [4.69, 9.17) is 9.47 Å². The van der Waals surface area contributed by atoms with Crippen molar-refractivity contribution in [2.24, 2.45) is 35.5 Å². The number of rotatable bonds is 5. The number of carbonyl (C=O) groups is 2. The molecule has 0 spiro atoms. The first kappa shape index (κ1) is 16.0. The molecular formula is C19H20NO5-. The molecule has 6 heteroatoms. The van der Waals surface area contributed by atoms with Crippen molar-refractivity contribution in [1.82, 2.24) is 0 Å². The number of hydrogen-bond donors (Lipinski definition) is 1. The Morgan fingerprint density at radius 2 is 1.76 bits per heavy atom. The molecule has 132 valence electrons. The maximum atomic E-state index is 13.0. The third kappa shape index (κ3) is 2.47. The molecule has 0 saturated heterocycles. The molecule has 0 radical (unpaired) electrons. The summed E-state index contributed by atoms with van der Waals surface area (Å²) in [7, 11) is 3.05. The second-order valence-corrected chi connectivity index (χ2v) is 7.03. The number of anilines is 1. The van der Waals surface area contributed by atoms with Gasteiger partial charge in [0.15, 0.2) is 0 Å². The van der Waals surface area contributed by atoms with Gasteiger partial charge in [-0.1, -0.05) is 12.2 Å². The summed E-state index contributed by atoms with van der Waals surface area (Å²) in [6, 6.07) is 5.11. The summed E-state index contributed by atoms with van der Waals surface area (Å²) in [4.78, 5) is 24.7. The Morgan fingerprint density at radius 1 is 1.08 bits per heavy atom. The molecule has 4 aliphatic carbocycles. The highest BCUT2D eigenvalue weighted by molar-refractivity contribution is 5.97. The number of carboxylic acid groups (broad SMARTS) is 1. The summed E-state index contributed by atoms with van der Waals surface area (Å²) >= 11 is 0. The second kappa shape index (κ2) is 5.79. The molecule has 1 N–H and O–H groups in total. The van der Waals surface area contributed by atoms with E-state index in [1.807, 2.05) is 12.2 Å². The van der Waals surface area contributed by atoms with E-state index >= 15 is 0 Å². The number of carboxylic acids is 1. The van der Waals surface area contributed by atoms with Gasteiger partial charge in [0.2, 0.25) is 5.91 Å². The molecule has 25 heavy (non-hydrogen) atoms. The molecule has 1 amide bonds. The van der Waals surface area contributed by atoms with Gasteiger partial charge in [-0.05, 0) is 42.2 Å². The van der Waals surface area contributed by atoms with Crippen LogP contribution in [0.4, 0.5) is 5.69 Å². The van der Waals surface area contributed by atoms with Gasteiger partial charge in [0, 0.05) is 18.0 Å². The third-order valence-corrected chi connectivity index (χ3v) is 5.89. The SMILES string of the molecule is COc1ccc(OC)c(NC(=O)C2C3C=CC(C4CC34)C2C(=O)[O-])c1. The van der Waals surface area contributed by atoms with E-state index in [-0.39, 0.29) is 17.7 Å². The van der Waals surface area contributed by atoms with E-state index in [0.29, 0.717) is 29.0 Å². The molecule has 0 aromatic heterocycles. The van der Waals surface area contributed by atoms with Crippen molar-refractivity contribution in [3.05, 3.63) is 30.4 Å². The minimum absolute atomic E-state index is 0.0329. The Balaban J connectivity index is 1.63. The van der Waals surface area contributed by atoms with Crippen molar-refractivity contribution in [3.8, 4) is 11.5 Å². The van der Waals surface area contributed by atoms with Gasteiger partial charge in [-0.3, -0.25) is 4.79 Å². The Bertz CT molecular complexity index is 758. The van der Waals surface area contributed by atoms with Crippen molar-refractivity contribution >= 4 is 17.6 Å². The van der Waals surface area contributed by atoms with Crippen LogP contribution in [0.3, 0.4) is 0 Å². The zero-order valence-electron chi connectivity index (χ0n) is 14.1. The molecular weight excluding hydrogens is 322 g/mol. The highest BCUT2D eigenvalue weighted by Gasteiger charge is 2.61. The molecule has 0 aliphatic heterocycles. The number of ether oxygens (including phenoxy) is 2. The van der Waals surface area contributed by atoms with E-state index in [0.717, 1.165) is 6.42 Å². The predicted octanol–water partition coefficient (Wildman–Crippen LogP) is 1.08. The lowest BCUT2D eigenvalue weighted by Crippen LogP contribution is -2.52. The fourth-order valence-corrected chi connectivity index (χ4v) is 4.68. The van der Waals surface area contributed by atoms with Gasteiger partial charge in [0.25, 0.3) is 0 Å². The number of methoxy groups -OCH3 is 2. The minimum atomic E-state index is -1.14. The first-order valence-corrected chi connectivity index (χ1v) is 8.47. The average Bonchev–Trinajstić information content (AvgIpc) is 3.43. The monoisotopic (exact) mass is 342 g/mol. The summed E-state index contributed by atoms with van der Waals surface area (Å²) in [6.07, 6.45) is 4.99. The number of allylic oxidation sites excluding steroid dienone is 2. The van der Waals surface area contributed by atoms with Crippen LogP contribution in [0.1, 0.15) is 6.42 Å². The first-order chi connectivity index (χ1) is 12.0. The highest BCUT2D eigenvalue weighted by Crippen LogP contribution is 2.63. The number of fused-ring (bicyclic) bond motifs is 1. The van der Waals surface area contributed by atoms with Crippen LogP contribution in [0.15, 0.2) is 30.4 Å². The fourth-order valence-electron chi connectivity index (χ4n) is 4.68. The third-order valence-electron chi connectivity index (χ3n) is 5.89. The Kier molecular flexibility index (Phi) is 3.71. The molecule has 2 fully saturated rings. The maximum Gasteiger partial charge on any atom is 0.228 e. The van der Waals surface area contributed by atoms with Gasteiger partial charge in [0.05, 0.1) is 25.8 Å². The molecule has 6 atom stereocenters. The Hall–Kier alpha value is -2.50. The van der Waals surface area contributed by atoms with Crippen LogP contribution in [0, 0.1) is 35.5 Å². The van der Waals surface area contributed by atoms with Crippen LogP contribution >= 0.6 is 0 Å². The number of nitrogens with one attached hydrogen (secondary N) is 1. The van der Waals surface area contributed by atoms with E-state index in [1.165, 1.54) is 14.2 Å². The van der Waals surface area contributed by atoms with Crippen LogP contribution < -0.4 is 19.9 Å². The number of carbonyl (C=O) groups excluding carboxylic acids is 2. The highest BCUT2D eigenvalue weighted by atomic mass is 16.5. The quantitative estimate of drug-likeness (QED) is 0.809. The Morgan fingerprint density at radius 3 is 2.36 bits per heavy atom. The lowest BCUT2D eigenvalue weighted by molar-refractivity contribution is -0.316. The number of amides is 1. The van der Waals surface area contributed by atoms with Gasteiger partial charge >= 0.3 is 0 Å². The van der Waals surface area contributed by atoms with Crippen LogP contribution in [-0.2, 0) is 9.59 Å². The largest absolute Gasteiger partial charge is 0.550 e. The molecule has 1 aromatic carbocycles. The predicted molar refractivity (Wildman–Crippen MR) is 87.9 cm³/mol. The van der Waals surface area contributed by atoms with E-state index in [2.05, 4.69) is 5.32 Å². The fraction of sp³-hybridized carbons (Fsp3) is 0.474.